The minimum absolute atomic E-state index is 0.188. The Morgan fingerprint density at radius 1 is 1.14 bits per heavy atom. The quantitative estimate of drug-likeness (QED) is 0.479. The zero-order valence-corrected chi connectivity index (χ0v) is 20.0. The first-order valence-corrected chi connectivity index (χ1v) is 12.3. The van der Waals surface area contributed by atoms with Gasteiger partial charge in [0.25, 0.3) is 0 Å². The molecule has 0 saturated carbocycles. The molecule has 14 heteroatoms. The smallest absolute Gasteiger partial charge is 0.349 e. The van der Waals surface area contributed by atoms with Crippen molar-refractivity contribution >= 4 is 15.9 Å². The molecule has 0 radical (unpaired) electrons. The number of carbonyl (C=O) groups is 1. The maximum atomic E-state index is 14.8. The molecule has 1 aliphatic rings. The number of rotatable bonds is 6. The largest absolute Gasteiger partial charge is 0.433 e. The highest BCUT2D eigenvalue weighted by Gasteiger charge is 2.49. The molecule has 2 unspecified atom stereocenters. The molecule has 0 aliphatic carbocycles. The van der Waals surface area contributed by atoms with Crippen LogP contribution in [0.2, 0.25) is 0 Å². The third kappa shape index (κ3) is 5.91. The summed E-state index contributed by atoms with van der Waals surface area (Å²) in [4.78, 5) is 24.0. The molecule has 3 aromatic rings. The van der Waals surface area contributed by atoms with Crippen LogP contribution >= 0.6 is 0 Å². The summed E-state index contributed by atoms with van der Waals surface area (Å²) in [6, 6.07) is 6.02. The molecule has 1 saturated heterocycles. The van der Waals surface area contributed by atoms with Crippen molar-refractivity contribution in [2.24, 2.45) is 0 Å². The second-order valence-corrected chi connectivity index (χ2v) is 10.6. The van der Waals surface area contributed by atoms with E-state index >= 15 is 0 Å². The predicted octanol–water partition coefficient (Wildman–Crippen LogP) is 3.50. The summed E-state index contributed by atoms with van der Waals surface area (Å²) in [5.41, 5.74) is -2.24. The van der Waals surface area contributed by atoms with Crippen LogP contribution in [0.15, 0.2) is 59.9 Å². The van der Waals surface area contributed by atoms with Crippen LogP contribution in [-0.4, -0.2) is 51.8 Å². The summed E-state index contributed by atoms with van der Waals surface area (Å²) < 4.78 is 93.2. The van der Waals surface area contributed by atoms with Gasteiger partial charge in [-0.05, 0) is 49.4 Å². The summed E-state index contributed by atoms with van der Waals surface area (Å²) in [5.74, 6) is -1.43. The predicted molar refractivity (Wildman–Crippen MR) is 120 cm³/mol. The van der Waals surface area contributed by atoms with Crippen LogP contribution in [0.1, 0.15) is 24.7 Å². The van der Waals surface area contributed by atoms with Gasteiger partial charge in [0, 0.05) is 24.7 Å². The molecule has 1 aliphatic heterocycles. The molecule has 1 amide bonds. The third-order valence-electron chi connectivity index (χ3n) is 5.69. The Hall–Kier alpha value is -3.52. The number of pyridine rings is 1. The van der Waals surface area contributed by atoms with Crippen molar-refractivity contribution in [3.05, 3.63) is 72.2 Å². The van der Waals surface area contributed by atoms with Crippen molar-refractivity contribution in [1.82, 2.24) is 24.6 Å². The number of amides is 1. The highest BCUT2D eigenvalue weighted by Crippen LogP contribution is 2.35. The Labute approximate surface area is 208 Å². The fourth-order valence-corrected chi connectivity index (χ4v) is 5.58. The Morgan fingerprint density at radius 2 is 1.84 bits per heavy atom. The highest BCUT2D eigenvalue weighted by atomic mass is 32.2. The molecule has 1 fully saturated rings. The number of sulfonamides is 1. The van der Waals surface area contributed by atoms with Crippen LogP contribution in [-0.2, 0) is 27.5 Å². The van der Waals surface area contributed by atoms with Crippen molar-refractivity contribution in [2.45, 2.75) is 42.7 Å². The van der Waals surface area contributed by atoms with E-state index in [1.807, 2.05) is 0 Å². The number of hydrogen-bond acceptors (Lipinski definition) is 6. The Bertz CT molecular complexity index is 1400. The van der Waals surface area contributed by atoms with E-state index in [4.69, 9.17) is 0 Å². The normalized spacial score (nSPS) is 20.6. The van der Waals surface area contributed by atoms with Gasteiger partial charge in [0.2, 0.25) is 15.9 Å². The van der Waals surface area contributed by atoms with Gasteiger partial charge < -0.3 is 5.32 Å². The summed E-state index contributed by atoms with van der Waals surface area (Å²) in [7, 11) is -4.31. The number of hydrogen-bond donors (Lipinski definition) is 1. The molecule has 0 spiro atoms. The van der Waals surface area contributed by atoms with E-state index < -0.39 is 58.3 Å². The maximum Gasteiger partial charge on any atom is 0.433 e. The molecule has 196 valence electrons. The van der Waals surface area contributed by atoms with Gasteiger partial charge in [0.15, 0.2) is 0 Å². The van der Waals surface area contributed by atoms with Gasteiger partial charge in [-0.3, -0.25) is 9.78 Å². The van der Waals surface area contributed by atoms with Crippen LogP contribution in [0.4, 0.5) is 22.0 Å². The van der Waals surface area contributed by atoms with Crippen molar-refractivity contribution in [1.29, 1.82) is 0 Å². The SMILES string of the molecule is CC1(F)CC(C(=O)NCc2cc(-c3ccc(C(F)(F)F)nc3)ncn2)N(S(=O)(=O)c2ccc(F)cc2)C1. The lowest BCUT2D eigenvalue weighted by molar-refractivity contribution is -0.141. The minimum atomic E-state index is -4.59. The summed E-state index contributed by atoms with van der Waals surface area (Å²) in [5, 5.41) is 2.52. The van der Waals surface area contributed by atoms with Crippen LogP contribution in [0.25, 0.3) is 11.3 Å². The molecule has 4 rings (SSSR count). The molecule has 2 atom stereocenters. The topological polar surface area (TPSA) is 105 Å². The van der Waals surface area contributed by atoms with Gasteiger partial charge >= 0.3 is 6.18 Å². The molecular weight excluding hydrogens is 521 g/mol. The van der Waals surface area contributed by atoms with Crippen molar-refractivity contribution in [3.8, 4) is 11.3 Å². The molecule has 3 heterocycles. The Kier molecular flexibility index (Phi) is 6.99. The molecule has 1 N–H and O–H groups in total. The molecule has 0 bridgehead atoms. The average Bonchev–Trinajstić information content (AvgIpc) is 3.19. The molecule has 1 aromatic carbocycles. The first-order valence-electron chi connectivity index (χ1n) is 10.8. The number of nitrogens with one attached hydrogen (secondary N) is 1. The zero-order valence-electron chi connectivity index (χ0n) is 19.2. The average molecular weight is 542 g/mol. The first-order chi connectivity index (χ1) is 17.3. The van der Waals surface area contributed by atoms with Crippen LogP contribution in [0, 0.1) is 5.82 Å². The molecular formula is C23H20F5N5O3S. The maximum absolute atomic E-state index is 14.8. The Morgan fingerprint density at radius 3 is 2.46 bits per heavy atom. The van der Waals surface area contributed by atoms with E-state index in [9.17, 15) is 35.2 Å². The number of aromatic nitrogens is 3. The number of alkyl halides is 4. The minimum Gasteiger partial charge on any atom is -0.349 e. The lowest BCUT2D eigenvalue weighted by Gasteiger charge is -2.23. The fourth-order valence-electron chi connectivity index (χ4n) is 3.88. The van der Waals surface area contributed by atoms with E-state index in [1.54, 1.807) is 0 Å². The van der Waals surface area contributed by atoms with Crippen molar-refractivity contribution in [2.75, 3.05) is 6.54 Å². The molecule has 2 aromatic heterocycles. The van der Waals surface area contributed by atoms with Gasteiger partial charge in [0.1, 0.15) is 29.5 Å². The van der Waals surface area contributed by atoms with Gasteiger partial charge in [-0.15, -0.1) is 0 Å². The fraction of sp³-hybridized carbons (Fsp3) is 0.304. The summed E-state index contributed by atoms with van der Waals surface area (Å²) in [6.45, 7) is 0.429. The third-order valence-corrected chi connectivity index (χ3v) is 7.56. The van der Waals surface area contributed by atoms with Gasteiger partial charge in [-0.1, -0.05) is 0 Å². The number of nitrogens with zero attached hydrogens (tertiary/aromatic N) is 4. The second-order valence-electron chi connectivity index (χ2n) is 8.68. The lowest BCUT2D eigenvalue weighted by Crippen LogP contribution is -2.45. The first kappa shape index (κ1) is 26.5. The number of halogens is 5. The number of benzene rings is 1. The molecule has 8 nitrogen and oxygen atoms in total. The second kappa shape index (κ2) is 9.74. The highest BCUT2D eigenvalue weighted by molar-refractivity contribution is 7.89. The standard InChI is InChI=1S/C23H20F5N5O3S/c1-22(25)9-19(33(12-22)37(35,36)17-5-3-15(24)4-6-17)21(34)30-11-16-8-18(32-13-31-16)14-2-7-20(29-10-14)23(26,27)28/h2-8,10,13,19H,9,11-12H2,1H3,(H,30,34). The summed E-state index contributed by atoms with van der Waals surface area (Å²) >= 11 is 0. The van der Waals surface area contributed by atoms with Gasteiger partial charge in [0.05, 0.1) is 22.8 Å². The van der Waals surface area contributed by atoms with Crippen LogP contribution < -0.4 is 5.32 Å². The van der Waals surface area contributed by atoms with E-state index in [0.717, 1.165) is 47.2 Å². The van der Waals surface area contributed by atoms with Crippen LogP contribution in [0.3, 0.4) is 0 Å². The van der Waals surface area contributed by atoms with Crippen molar-refractivity contribution < 1.29 is 35.2 Å². The van der Waals surface area contributed by atoms with Gasteiger partial charge in [-0.2, -0.15) is 17.5 Å². The van der Waals surface area contributed by atoms with Crippen molar-refractivity contribution in [3.63, 3.8) is 0 Å². The summed E-state index contributed by atoms with van der Waals surface area (Å²) in [6.07, 6.45) is -2.83. The zero-order chi connectivity index (χ0) is 27.0. The lowest BCUT2D eigenvalue weighted by atomic mass is 10.0. The van der Waals surface area contributed by atoms with Crippen LogP contribution in [0.5, 0.6) is 0 Å². The van der Waals surface area contributed by atoms with E-state index in [1.165, 1.54) is 19.1 Å². The Balaban J connectivity index is 1.49. The van der Waals surface area contributed by atoms with Gasteiger partial charge in [-0.25, -0.2) is 27.2 Å². The van der Waals surface area contributed by atoms with E-state index in [2.05, 4.69) is 20.3 Å². The molecule has 37 heavy (non-hydrogen) atoms. The monoisotopic (exact) mass is 541 g/mol. The van der Waals surface area contributed by atoms with E-state index in [0.29, 0.717) is 0 Å². The number of carbonyl (C=O) groups excluding carboxylic acids is 1. The van der Waals surface area contributed by atoms with E-state index in [-0.39, 0.29) is 28.4 Å².